The summed E-state index contributed by atoms with van der Waals surface area (Å²) in [5, 5.41) is 4.39. The Hall–Kier alpha value is -0.279. The van der Waals surface area contributed by atoms with Gasteiger partial charge in [0.15, 0.2) is 0 Å². The van der Waals surface area contributed by atoms with E-state index in [0.717, 1.165) is 18.2 Å². The normalized spacial score (nSPS) is 12.6. The minimum absolute atomic E-state index is 0. The molecule has 1 aromatic heterocycles. The zero-order valence-corrected chi connectivity index (χ0v) is 17.0. The summed E-state index contributed by atoms with van der Waals surface area (Å²) in [6.07, 6.45) is 2.86. The topological polar surface area (TPSA) is 27.1 Å². The third-order valence-corrected chi connectivity index (χ3v) is 3.69. The molecule has 0 radical (unpaired) electrons. The molecule has 0 saturated carbocycles. The maximum Gasteiger partial charge on any atom is 1.00 e. The molecule has 0 spiro atoms. The Morgan fingerprint density at radius 1 is 1.26 bits per heavy atom. The number of aryl methyl sites for hydroxylation is 1. The number of rotatable bonds is 6. The first-order valence-corrected chi connectivity index (χ1v) is 7.28. The minimum atomic E-state index is -4.98. The number of nitrogens with zero attached hydrogens (tertiary/aromatic N) is 2. The van der Waals surface area contributed by atoms with Crippen LogP contribution < -0.4 is 61.6 Å². The Morgan fingerprint density at radius 3 is 2.52 bits per heavy atom. The SMILES string of the molecule is CCC(C)n1ccc(COc2ccc([B-](F)(F)F)c(C)c2)n1.[K+]. The largest absolute Gasteiger partial charge is 1.00 e. The summed E-state index contributed by atoms with van der Waals surface area (Å²) in [5.74, 6) is 0.416. The van der Waals surface area contributed by atoms with Crippen LogP contribution in [0.25, 0.3) is 0 Å². The van der Waals surface area contributed by atoms with E-state index < -0.39 is 12.4 Å². The van der Waals surface area contributed by atoms with Gasteiger partial charge < -0.3 is 17.7 Å². The van der Waals surface area contributed by atoms with Crippen molar-refractivity contribution < 1.29 is 69.1 Å². The van der Waals surface area contributed by atoms with Crippen LogP contribution in [0.15, 0.2) is 30.5 Å². The quantitative estimate of drug-likeness (QED) is 0.721. The first-order chi connectivity index (χ1) is 10.3. The molecule has 0 fully saturated rings. The van der Waals surface area contributed by atoms with Gasteiger partial charge in [-0.1, -0.05) is 18.6 Å². The molecule has 23 heavy (non-hydrogen) atoms. The van der Waals surface area contributed by atoms with Crippen molar-refractivity contribution in [3.05, 3.63) is 41.7 Å². The molecule has 1 unspecified atom stereocenters. The van der Waals surface area contributed by atoms with Crippen LogP contribution in [-0.4, -0.2) is 16.8 Å². The zero-order valence-electron chi connectivity index (χ0n) is 13.9. The fourth-order valence-corrected chi connectivity index (χ4v) is 2.15. The Kier molecular flexibility index (Phi) is 7.86. The molecule has 2 rings (SSSR count). The van der Waals surface area contributed by atoms with Crippen molar-refractivity contribution >= 4 is 12.4 Å². The second-order valence-electron chi connectivity index (χ2n) is 5.43. The van der Waals surface area contributed by atoms with Crippen LogP contribution >= 0.6 is 0 Å². The van der Waals surface area contributed by atoms with Gasteiger partial charge in [-0.05, 0) is 38.5 Å². The molecule has 0 amide bonds. The number of halogens is 3. The average Bonchev–Trinajstić information content (AvgIpc) is 2.92. The van der Waals surface area contributed by atoms with Crippen molar-refractivity contribution in [2.24, 2.45) is 0 Å². The summed E-state index contributed by atoms with van der Waals surface area (Å²) >= 11 is 0. The Balaban J connectivity index is 0.00000264. The zero-order chi connectivity index (χ0) is 16.3. The van der Waals surface area contributed by atoms with E-state index in [4.69, 9.17) is 4.74 Å². The van der Waals surface area contributed by atoms with Crippen LogP contribution in [0.5, 0.6) is 5.75 Å². The summed E-state index contributed by atoms with van der Waals surface area (Å²) in [5.41, 5.74) is 0.352. The molecule has 0 aliphatic carbocycles. The Bertz CT molecular complexity index is 646. The molecular weight excluding hydrogens is 331 g/mol. The molecule has 120 valence electrons. The van der Waals surface area contributed by atoms with E-state index in [-0.39, 0.29) is 63.6 Å². The maximum atomic E-state index is 12.8. The molecule has 1 atom stereocenters. The standard InChI is InChI=1S/C15H19BF3N2O.K/c1-4-12(3)21-8-7-13(20-21)10-22-14-5-6-15(11(2)9-14)16(17,18)19;/h5-9,12H,4,10H2,1-3H3;/q-1;+1. The molecule has 3 nitrogen and oxygen atoms in total. The number of benzene rings is 1. The van der Waals surface area contributed by atoms with Crippen LogP contribution in [0.1, 0.15) is 37.6 Å². The van der Waals surface area contributed by atoms with Crippen molar-refractivity contribution in [2.45, 2.75) is 39.8 Å². The monoisotopic (exact) mass is 350 g/mol. The summed E-state index contributed by atoms with van der Waals surface area (Å²) in [4.78, 5) is 0. The first kappa shape index (κ1) is 20.8. The molecular formula is C15H19BF3KN2O. The summed E-state index contributed by atoms with van der Waals surface area (Å²) in [6, 6.07) is 6.00. The van der Waals surface area contributed by atoms with Gasteiger partial charge in [-0.2, -0.15) is 5.10 Å². The minimum Gasteiger partial charge on any atom is -0.487 e. The summed E-state index contributed by atoms with van der Waals surface area (Å²) < 4.78 is 45.6. The Morgan fingerprint density at radius 2 is 1.96 bits per heavy atom. The van der Waals surface area contributed by atoms with Crippen LogP contribution in [0.4, 0.5) is 12.9 Å². The summed E-state index contributed by atoms with van der Waals surface area (Å²) in [6.45, 7) is 0.839. The predicted molar refractivity (Wildman–Crippen MR) is 81.5 cm³/mol. The van der Waals surface area contributed by atoms with Crippen molar-refractivity contribution in [3.8, 4) is 5.75 Å². The third-order valence-electron chi connectivity index (χ3n) is 3.69. The summed E-state index contributed by atoms with van der Waals surface area (Å²) in [7, 11) is 0. The molecule has 0 aliphatic rings. The molecule has 0 aliphatic heterocycles. The van der Waals surface area contributed by atoms with Crippen molar-refractivity contribution in [2.75, 3.05) is 0 Å². The molecule has 0 N–H and O–H groups in total. The van der Waals surface area contributed by atoms with Gasteiger partial charge in [0.2, 0.25) is 0 Å². The van der Waals surface area contributed by atoms with Crippen LogP contribution in [0.3, 0.4) is 0 Å². The van der Waals surface area contributed by atoms with Crippen LogP contribution in [0, 0.1) is 6.92 Å². The molecule has 0 bridgehead atoms. The van der Waals surface area contributed by atoms with Gasteiger partial charge >= 0.3 is 58.4 Å². The van der Waals surface area contributed by atoms with Gasteiger partial charge in [-0.25, -0.2) is 0 Å². The fraction of sp³-hybridized carbons (Fsp3) is 0.400. The van der Waals surface area contributed by atoms with Gasteiger partial charge in [-0.15, -0.1) is 5.46 Å². The molecule has 1 aromatic carbocycles. The number of ether oxygens (including phenoxy) is 1. The molecule has 2 aromatic rings. The second-order valence-corrected chi connectivity index (χ2v) is 5.43. The maximum absolute atomic E-state index is 12.8. The van der Waals surface area contributed by atoms with E-state index in [1.165, 1.54) is 19.1 Å². The third kappa shape index (κ3) is 5.63. The van der Waals surface area contributed by atoms with Gasteiger partial charge in [0.05, 0.1) is 5.69 Å². The van der Waals surface area contributed by atoms with Gasteiger partial charge in [0.25, 0.3) is 0 Å². The van der Waals surface area contributed by atoms with E-state index in [2.05, 4.69) is 18.9 Å². The smallest absolute Gasteiger partial charge is 0.487 e. The number of aromatic nitrogens is 2. The van der Waals surface area contributed by atoms with E-state index in [1.807, 2.05) is 16.9 Å². The van der Waals surface area contributed by atoms with Gasteiger partial charge in [-0.3, -0.25) is 4.68 Å². The Labute approximate surface area is 177 Å². The van der Waals surface area contributed by atoms with E-state index in [0.29, 0.717) is 11.8 Å². The number of hydrogen-bond donors (Lipinski definition) is 0. The van der Waals surface area contributed by atoms with Crippen molar-refractivity contribution in [1.82, 2.24) is 9.78 Å². The van der Waals surface area contributed by atoms with E-state index in [9.17, 15) is 12.9 Å². The fourth-order valence-electron chi connectivity index (χ4n) is 2.15. The van der Waals surface area contributed by atoms with Gasteiger partial charge in [0, 0.05) is 12.2 Å². The second kappa shape index (κ2) is 8.71. The van der Waals surface area contributed by atoms with Crippen molar-refractivity contribution in [1.29, 1.82) is 0 Å². The molecule has 0 saturated heterocycles. The van der Waals surface area contributed by atoms with Gasteiger partial charge in [0.1, 0.15) is 12.4 Å². The van der Waals surface area contributed by atoms with E-state index >= 15 is 0 Å². The van der Waals surface area contributed by atoms with Crippen LogP contribution in [-0.2, 0) is 6.61 Å². The average molecular weight is 350 g/mol. The van der Waals surface area contributed by atoms with E-state index in [1.54, 1.807) is 0 Å². The number of hydrogen-bond acceptors (Lipinski definition) is 2. The molecule has 8 heteroatoms. The first-order valence-electron chi connectivity index (χ1n) is 7.28. The molecule has 1 heterocycles. The van der Waals surface area contributed by atoms with Crippen molar-refractivity contribution in [3.63, 3.8) is 0 Å². The predicted octanol–water partition coefficient (Wildman–Crippen LogP) is 0.800. The van der Waals surface area contributed by atoms with Crippen LogP contribution in [0.2, 0.25) is 0 Å².